The highest BCUT2D eigenvalue weighted by Crippen LogP contribution is 2.30. The SMILES string of the molecule is NCC1OC(OC2C(N)CC(N)C(OC3OC(/C=N\OCc4ccccc4)C(O)C(N)C3O)C2O)C(N)CC1O. The summed E-state index contributed by atoms with van der Waals surface area (Å²) in [6.45, 7) is 0.243. The Morgan fingerprint density at radius 2 is 1.48 bits per heavy atom. The molecule has 0 spiro atoms. The Bertz CT molecular complexity index is 951. The molecule has 1 aliphatic carbocycles. The minimum absolute atomic E-state index is 0.0500. The van der Waals surface area contributed by atoms with Gasteiger partial charge in [0, 0.05) is 18.6 Å². The average molecular weight is 571 g/mol. The van der Waals surface area contributed by atoms with Gasteiger partial charge < -0.3 is 72.9 Å². The lowest BCUT2D eigenvalue weighted by Gasteiger charge is -2.47. The van der Waals surface area contributed by atoms with Gasteiger partial charge in [-0.25, -0.2) is 0 Å². The van der Waals surface area contributed by atoms with Crippen LogP contribution >= 0.6 is 0 Å². The molecule has 14 unspecified atom stereocenters. The maximum atomic E-state index is 11.2. The average Bonchev–Trinajstić information content (AvgIpc) is 2.93. The summed E-state index contributed by atoms with van der Waals surface area (Å²) in [4.78, 5) is 5.28. The summed E-state index contributed by atoms with van der Waals surface area (Å²) >= 11 is 0. The summed E-state index contributed by atoms with van der Waals surface area (Å²) in [5.74, 6) is 0. The number of oxime groups is 1. The van der Waals surface area contributed by atoms with Crippen molar-refractivity contribution in [3.63, 3.8) is 0 Å². The van der Waals surface area contributed by atoms with Crippen LogP contribution in [0.5, 0.6) is 0 Å². The van der Waals surface area contributed by atoms with Crippen LogP contribution < -0.4 is 28.7 Å². The zero-order valence-electron chi connectivity index (χ0n) is 22.0. The smallest absolute Gasteiger partial charge is 0.186 e. The Morgan fingerprint density at radius 3 is 2.12 bits per heavy atom. The molecule has 2 saturated heterocycles. The summed E-state index contributed by atoms with van der Waals surface area (Å²) in [5, 5.41) is 46.4. The van der Waals surface area contributed by atoms with Gasteiger partial charge in [0.1, 0.15) is 43.2 Å². The lowest BCUT2D eigenvalue weighted by molar-refractivity contribution is -0.305. The van der Waals surface area contributed by atoms with Crippen molar-refractivity contribution in [1.29, 1.82) is 0 Å². The topological polar surface area (TPSA) is 270 Å². The number of rotatable bonds is 9. The van der Waals surface area contributed by atoms with E-state index in [-0.39, 0.29) is 26.0 Å². The fraction of sp³-hybridized carbons (Fsp3) is 0.720. The van der Waals surface area contributed by atoms with Crippen LogP contribution in [0, 0.1) is 0 Å². The van der Waals surface area contributed by atoms with E-state index in [1.165, 1.54) is 6.21 Å². The molecule has 0 amide bonds. The summed E-state index contributed by atoms with van der Waals surface area (Å²) < 4.78 is 23.4. The first-order valence-corrected chi connectivity index (χ1v) is 13.4. The number of nitrogens with zero attached hydrogens (tertiary/aromatic N) is 1. The second kappa shape index (κ2) is 13.9. The van der Waals surface area contributed by atoms with E-state index in [0.717, 1.165) is 5.56 Å². The molecular weight excluding hydrogens is 528 g/mol. The highest BCUT2D eigenvalue weighted by Gasteiger charge is 2.50. The molecule has 15 heteroatoms. The molecule has 1 aromatic rings. The van der Waals surface area contributed by atoms with E-state index < -0.39 is 85.6 Å². The van der Waals surface area contributed by atoms with Crippen molar-refractivity contribution in [3.05, 3.63) is 35.9 Å². The number of ether oxygens (including phenoxy) is 4. The minimum atomic E-state index is -1.46. The maximum Gasteiger partial charge on any atom is 0.186 e. The number of aliphatic hydroxyl groups excluding tert-OH is 4. The highest BCUT2D eigenvalue weighted by atomic mass is 16.7. The first-order chi connectivity index (χ1) is 19.1. The normalized spacial score (nSPS) is 44.5. The first kappa shape index (κ1) is 31.1. The number of hydrogen-bond donors (Lipinski definition) is 9. The first-order valence-electron chi connectivity index (χ1n) is 13.4. The van der Waals surface area contributed by atoms with Crippen LogP contribution in [0.1, 0.15) is 18.4 Å². The van der Waals surface area contributed by atoms with E-state index in [1.54, 1.807) is 0 Å². The van der Waals surface area contributed by atoms with Crippen molar-refractivity contribution in [2.24, 2.45) is 33.8 Å². The van der Waals surface area contributed by atoms with E-state index in [9.17, 15) is 20.4 Å². The summed E-state index contributed by atoms with van der Waals surface area (Å²) in [7, 11) is 0. The van der Waals surface area contributed by atoms with Gasteiger partial charge in [-0.2, -0.15) is 0 Å². The van der Waals surface area contributed by atoms with Crippen LogP contribution in [-0.4, -0.2) is 119 Å². The fourth-order valence-electron chi connectivity index (χ4n) is 5.14. The summed E-state index contributed by atoms with van der Waals surface area (Å²) in [5.41, 5.74) is 31.2. The van der Waals surface area contributed by atoms with E-state index in [4.69, 9.17) is 52.5 Å². The van der Waals surface area contributed by atoms with Crippen molar-refractivity contribution in [2.75, 3.05) is 6.54 Å². The Labute approximate surface area is 232 Å². The van der Waals surface area contributed by atoms with Crippen LogP contribution in [0.3, 0.4) is 0 Å². The molecule has 14 N–H and O–H groups in total. The predicted molar refractivity (Wildman–Crippen MR) is 141 cm³/mol. The lowest BCUT2D eigenvalue weighted by atomic mass is 9.84. The zero-order chi connectivity index (χ0) is 29.0. The number of benzene rings is 1. The number of hydrogen-bond acceptors (Lipinski definition) is 15. The van der Waals surface area contributed by atoms with Crippen LogP contribution in [0.2, 0.25) is 0 Å². The van der Waals surface area contributed by atoms with Crippen LogP contribution in [0.25, 0.3) is 0 Å². The van der Waals surface area contributed by atoms with Gasteiger partial charge in [-0.15, -0.1) is 0 Å². The Hall–Kier alpha value is -1.83. The molecule has 0 aromatic heterocycles. The summed E-state index contributed by atoms with van der Waals surface area (Å²) in [6.07, 6.45) is -9.67. The molecule has 226 valence electrons. The van der Waals surface area contributed by atoms with Gasteiger partial charge in [-0.3, -0.25) is 0 Å². The molecule has 0 bridgehead atoms. The van der Waals surface area contributed by atoms with E-state index in [0.29, 0.717) is 0 Å². The molecular formula is C25H42N6O9. The monoisotopic (exact) mass is 570 g/mol. The van der Waals surface area contributed by atoms with Gasteiger partial charge in [0.05, 0.1) is 30.5 Å². The third-order valence-electron chi connectivity index (χ3n) is 7.53. The molecule has 1 saturated carbocycles. The molecule has 14 atom stereocenters. The quantitative estimate of drug-likeness (QED) is 0.101. The van der Waals surface area contributed by atoms with Gasteiger partial charge in [0.25, 0.3) is 0 Å². The molecule has 2 aliphatic heterocycles. The minimum Gasteiger partial charge on any atom is -0.391 e. The standard InChI is InChI=1S/C25H42N6O9/c26-8-16-15(32)7-14(29)24(37-16)39-22-12(27)6-13(28)23(21(22)35)40-25-20(34)18(30)19(33)17(38-25)9-31-36-10-11-4-2-1-3-5-11/h1-5,9,12-25,32-35H,6-8,10,26-30H2/b31-9-. The van der Waals surface area contributed by atoms with Gasteiger partial charge in [-0.1, -0.05) is 35.5 Å². The molecule has 40 heavy (non-hydrogen) atoms. The maximum absolute atomic E-state index is 11.2. The number of nitrogens with two attached hydrogens (primary N) is 5. The number of aliphatic hydroxyl groups is 4. The summed E-state index contributed by atoms with van der Waals surface area (Å²) in [6, 6.07) is 6.02. The zero-order valence-corrected chi connectivity index (χ0v) is 22.0. The molecule has 15 nitrogen and oxygen atoms in total. The van der Waals surface area contributed by atoms with Crippen molar-refractivity contribution in [2.45, 2.75) is 105 Å². The predicted octanol–water partition coefficient (Wildman–Crippen LogP) is -4.09. The molecule has 4 rings (SSSR count). The third kappa shape index (κ3) is 7.14. The van der Waals surface area contributed by atoms with Gasteiger partial charge in [0.15, 0.2) is 12.6 Å². The second-order valence-corrected chi connectivity index (χ2v) is 10.5. The van der Waals surface area contributed by atoms with Crippen LogP contribution in [0.15, 0.2) is 35.5 Å². The van der Waals surface area contributed by atoms with Gasteiger partial charge in [0.2, 0.25) is 0 Å². The Balaban J connectivity index is 1.40. The fourth-order valence-corrected chi connectivity index (χ4v) is 5.14. The molecule has 3 aliphatic rings. The molecule has 3 fully saturated rings. The van der Waals surface area contributed by atoms with Crippen LogP contribution in [0.4, 0.5) is 0 Å². The van der Waals surface area contributed by atoms with Crippen molar-refractivity contribution in [1.82, 2.24) is 0 Å². The van der Waals surface area contributed by atoms with E-state index >= 15 is 0 Å². The van der Waals surface area contributed by atoms with Crippen molar-refractivity contribution < 1.29 is 44.2 Å². The van der Waals surface area contributed by atoms with Crippen LogP contribution in [-0.2, 0) is 30.4 Å². The van der Waals surface area contributed by atoms with Gasteiger partial charge in [-0.05, 0) is 18.4 Å². The van der Waals surface area contributed by atoms with E-state index in [1.807, 2.05) is 30.3 Å². The highest BCUT2D eigenvalue weighted by molar-refractivity contribution is 5.63. The van der Waals surface area contributed by atoms with E-state index in [2.05, 4.69) is 5.16 Å². The molecule has 0 radical (unpaired) electrons. The lowest BCUT2D eigenvalue weighted by Crippen LogP contribution is -2.68. The Morgan fingerprint density at radius 1 is 0.825 bits per heavy atom. The molecule has 2 heterocycles. The van der Waals surface area contributed by atoms with Crippen molar-refractivity contribution in [3.8, 4) is 0 Å². The molecule has 1 aromatic carbocycles. The second-order valence-electron chi connectivity index (χ2n) is 10.5. The van der Waals surface area contributed by atoms with Crippen molar-refractivity contribution >= 4 is 6.21 Å². The Kier molecular flexibility index (Phi) is 10.8. The largest absolute Gasteiger partial charge is 0.391 e. The third-order valence-corrected chi connectivity index (χ3v) is 7.53. The van der Waals surface area contributed by atoms with Gasteiger partial charge >= 0.3 is 0 Å².